The van der Waals surface area contributed by atoms with Crippen molar-refractivity contribution >= 4 is 5.97 Å². The first-order valence-electron chi connectivity index (χ1n) is 6.97. The second kappa shape index (κ2) is 7.00. The molecule has 0 spiro atoms. The lowest BCUT2D eigenvalue weighted by molar-refractivity contribution is -0.141. The lowest BCUT2D eigenvalue weighted by Gasteiger charge is -2.35. The predicted octanol–water partition coefficient (Wildman–Crippen LogP) is 3.00. The Balaban J connectivity index is 2.30. The van der Waals surface area contributed by atoms with Gasteiger partial charge in [0.15, 0.2) is 0 Å². The van der Waals surface area contributed by atoms with Gasteiger partial charge in [-0.3, -0.25) is 4.79 Å². The molecule has 1 aliphatic rings. The third kappa shape index (κ3) is 4.66. The van der Waals surface area contributed by atoms with E-state index in [4.69, 9.17) is 5.11 Å². The van der Waals surface area contributed by atoms with Gasteiger partial charge in [-0.15, -0.1) is 0 Å². The van der Waals surface area contributed by atoms with Crippen LogP contribution in [0.5, 0.6) is 0 Å². The normalized spacial score (nSPS) is 27.1. The Bertz CT molecular complexity index is 234. The summed E-state index contributed by atoms with van der Waals surface area (Å²) in [5.74, 6) is -0.0218. The van der Waals surface area contributed by atoms with Gasteiger partial charge in [-0.1, -0.05) is 26.7 Å². The Kier molecular flexibility index (Phi) is 5.96. The molecule has 0 aliphatic heterocycles. The molecule has 1 rings (SSSR count). The summed E-state index contributed by atoms with van der Waals surface area (Å²) in [5.41, 5.74) is 0. The van der Waals surface area contributed by atoms with Gasteiger partial charge in [0.25, 0.3) is 0 Å². The smallest absolute Gasteiger partial charge is 0.307 e. The zero-order valence-corrected chi connectivity index (χ0v) is 11.5. The Hall–Kier alpha value is -0.570. The quantitative estimate of drug-likeness (QED) is 0.777. The summed E-state index contributed by atoms with van der Waals surface area (Å²) in [6, 6.07) is 0.602. The van der Waals surface area contributed by atoms with Crippen LogP contribution in [-0.2, 0) is 4.79 Å². The van der Waals surface area contributed by atoms with Gasteiger partial charge in [-0.2, -0.15) is 0 Å². The molecule has 1 aliphatic carbocycles. The van der Waals surface area contributed by atoms with Gasteiger partial charge in [0.2, 0.25) is 0 Å². The van der Waals surface area contributed by atoms with E-state index in [0.29, 0.717) is 12.6 Å². The van der Waals surface area contributed by atoms with Crippen LogP contribution >= 0.6 is 0 Å². The highest BCUT2D eigenvalue weighted by molar-refractivity contribution is 5.69. The topological polar surface area (TPSA) is 40.5 Å². The summed E-state index contributed by atoms with van der Waals surface area (Å²) >= 11 is 0. The molecule has 1 atom stereocenters. The zero-order chi connectivity index (χ0) is 12.8. The van der Waals surface area contributed by atoms with Crippen LogP contribution in [0.2, 0.25) is 0 Å². The molecule has 0 aromatic heterocycles. The minimum absolute atomic E-state index is 0.256. The molecular weight excluding hydrogens is 214 g/mol. The van der Waals surface area contributed by atoms with Crippen molar-refractivity contribution in [1.29, 1.82) is 0 Å². The van der Waals surface area contributed by atoms with Crippen LogP contribution in [0.4, 0.5) is 0 Å². The van der Waals surface area contributed by atoms with Crippen LogP contribution in [0.15, 0.2) is 0 Å². The fourth-order valence-electron chi connectivity index (χ4n) is 2.94. The van der Waals surface area contributed by atoms with Gasteiger partial charge in [0.05, 0.1) is 5.92 Å². The lowest BCUT2D eigenvalue weighted by atomic mass is 9.83. The second-order valence-electron chi connectivity index (χ2n) is 5.64. The molecule has 0 bridgehead atoms. The van der Waals surface area contributed by atoms with Gasteiger partial charge >= 0.3 is 5.97 Å². The molecule has 0 heterocycles. The SMILES string of the molecule is CCCC1CCC(N(C)CC(C)C(=O)O)CC1. The van der Waals surface area contributed by atoms with Gasteiger partial charge in [0, 0.05) is 12.6 Å². The molecule has 1 saturated carbocycles. The molecule has 1 unspecified atom stereocenters. The summed E-state index contributed by atoms with van der Waals surface area (Å²) < 4.78 is 0. The van der Waals surface area contributed by atoms with E-state index in [9.17, 15) is 4.79 Å². The largest absolute Gasteiger partial charge is 0.481 e. The van der Waals surface area contributed by atoms with Crippen LogP contribution in [0, 0.1) is 11.8 Å². The molecule has 17 heavy (non-hydrogen) atoms. The lowest BCUT2D eigenvalue weighted by Crippen LogP contribution is -2.39. The van der Waals surface area contributed by atoms with E-state index in [1.165, 1.54) is 38.5 Å². The van der Waals surface area contributed by atoms with Crippen LogP contribution in [0.1, 0.15) is 52.4 Å². The first-order valence-corrected chi connectivity index (χ1v) is 6.97. The van der Waals surface area contributed by atoms with Gasteiger partial charge in [0.1, 0.15) is 0 Å². The van der Waals surface area contributed by atoms with E-state index in [2.05, 4.69) is 18.9 Å². The Morgan fingerprint density at radius 1 is 1.35 bits per heavy atom. The highest BCUT2D eigenvalue weighted by Gasteiger charge is 2.25. The van der Waals surface area contributed by atoms with E-state index >= 15 is 0 Å². The number of carboxylic acids is 1. The Labute approximate surface area is 105 Å². The van der Waals surface area contributed by atoms with Crippen molar-refractivity contribution in [3.8, 4) is 0 Å². The van der Waals surface area contributed by atoms with E-state index in [0.717, 1.165) is 5.92 Å². The molecule has 0 radical (unpaired) electrons. The van der Waals surface area contributed by atoms with Crippen molar-refractivity contribution in [2.75, 3.05) is 13.6 Å². The van der Waals surface area contributed by atoms with Gasteiger partial charge < -0.3 is 10.0 Å². The molecular formula is C14H27NO2. The predicted molar refractivity (Wildman–Crippen MR) is 70.1 cm³/mol. The van der Waals surface area contributed by atoms with Gasteiger partial charge in [-0.05, 0) is 38.6 Å². The number of nitrogens with zero attached hydrogens (tertiary/aromatic N) is 1. The summed E-state index contributed by atoms with van der Waals surface area (Å²) in [6.07, 6.45) is 7.79. The molecule has 0 amide bonds. The average Bonchev–Trinajstić information content (AvgIpc) is 2.30. The summed E-state index contributed by atoms with van der Waals surface area (Å²) in [5, 5.41) is 8.91. The Morgan fingerprint density at radius 2 is 1.94 bits per heavy atom. The first kappa shape index (κ1) is 14.5. The standard InChI is InChI=1S/C14H27NO2/c1-4-5-12-6-8-13(9-7-12)15(3)10-11(2)14(16)17/h11-13H,4-10H2,1-3H3,(H,16,17). The number of carboxylic acid groups (broad SMARTS) is 1. The molecule has 3 heteroatoms. The third-order valence-corrected chi connectivity index (χ3v) is 4.12. The number of carbonyl (C=O) groups is 1. The van der Waals surface area contributed by atoms with Crippen molar-refractivity contribution in [2.45, 2.75) is 58.4 Å². The maximum atomic E-state index is 10.8. The molecule has 100 valence electrons. The number of hydrogen-bond donors (Lipinski definition) is 1. The fraction of sp³-hybridized carbons (Fsp3) is 0.929. The van der Waals surface area contributed by atoms with Crippen molar-refractivity contribution in [3.63, 3.8) is 0 Å². The molecule has 0 saturated heterocycles. The van der Waals surface area contributed by atoms with E-state index < -0.39 is 5.97 Å². The van der Waals surface area contributed by atoms with Crippen molar-refractivity contribution < 1.29 is 9.90 Å². The number of hydrogen-bond acceptors (Lipinski definition) is 2. The summed E-state index contributed by atoms with van der Waals surface area (Å²) in [7, 11) is 2.07. The number of rotatable bonds is 6. The van der Waals surface area contributed by atoms with E-state index in [1.807, 2.05) is 0 Å². The van der Waals surface area contributed by atoms with Crippen molar-refractivity contribution in [2.24, 2.45) is 11.8 Å². The highest BCUT2D eigenvalue weighted by atomic mass is 16.4. The monoisotopic (exact) mass is 241 g/mol. The molecule has 3 nitrogen and oxygen atoms in total. The van der Waals surface area contributed by atoms with Crippen LogP contribution in [0.3, 0.4) is 0 Å². The van der Waals surface area contributed by atoms with Crippen molar-refractivity contribution in [3.05, 3.63) is 0 Å². The fourth-order valence-corrected chi connectivity index (χ4v) is 2.94. The molecule has 0 aromatic carbocycles. The summed E-state index contributed by atoms with van der Waals surface area (Å²) in [4.78, 5) is 13.1. The first-order chi connectivity index (χ1) is 8.04. The van der Waals surface area contributed by atoms with Crippen LogP contribution in [0.25, 0.3) is 0 Å². The minimum Gasteiger partial charge on any atom is -0.481 e. The van der Waals surface area contributed by atoms with Crippen LogP contribution in [-0.4, -0.2) is 35.6 Å². The number of aliphatic carboxylic acids is 1. The Morgan fingerprint density at radius 3 is 2.41 bits per heavy atom. The zero-order valence-electron chi connectivity index (χ0n) is 11.5. The van der Waals surface area contributed by atoms with Gasteiger partial charge in [-0.25, -0.2) is 0 Å². The van der Waals surface area contributed by atoms with E-state index in [1.54, 1.807) is 6.92 Å². The summed E-state index contributed by atoms with van der Waals surface area (Å²) in [6.45, 7) is 4.73. The highest BCUT2D eigenvalue weighted by Crippen LogP contribution is 2.30. The second-order valence-corrected chi connectivity index (χ2v) is 5.64. The molecule has 1 fully saturated rings. The van der Waals surface area contributed by atoms with E-state index in [-0.39, 0.29) is 5.92 Å². The maximum absolute atomic E-state index is 10.8. The average molecular weight is 241 g/mol. The molecule has 0 aromatic rings. The maximum Gasteiger partial charge on any atom is 0.307 e. The van der Waals surface area contributed by atoms with Crippen molar-refractivity contribution in [1.82, 2.24) is 4.90 Å². The minimum atomic E-state index is -0.684. The third-order valence-electron chi connectivity index (χ3n) is 4.12. The molecule has 1 N–H and O–H groups in total. The van der Waals surface area contributed by atoms with Crippen LogP contribution < -0.4 is 0 Å².